The lowest BCUT2D eigenvalue weighted by atomic mass is 9.84. The number of Topliss-reactive ketones (excluding diaryl/α,β-unsaturated/α-hetero) is 1. The molecule has 2 aromatic heterocycles. The molecule has 0 fully saturated rings. The number of aromatic amines is 1. The van der Waals surface area contributed by atoms with Crippen molar-refractivity contribution in [3.05, 3.63) is 57.4 Å². The van der Waals surface area contributed by atoms with E-state index in [9.17, 15) is 14.4 Å². The number of nitrogens with one attached hydrogen (secondary N) is 1. The van der Waals surface area contributed by atoms with Crippen molar-refractivity contribution in [3.8, 4) is 0 Å². The molecule has 0 amide bonds. The Hall–Kier alpha value is -2.63. The van der Waals surface area contributed by atoms with E-state index in [0.29, 0.717) is 23.4 Å². The average Bonchev–Trinajstić information content (AvgIpc) is 3.00. The van der Waals surface area contributed by atoms with Gasteiger partial charge in [0.25, 0.3) is 5.56 Å². The number of methoxy groups -OCH3 is 1. The Kier molecular flexibility index (Phi) is 3.21. The van der Waals surface area contributed by atoms with Gasteiger partial charge >= 0.3 is 5.97 Å². The smallest absolute Gasteiger partial charge is 0.343 e. The molecule has 0 spiro atoms. The zero-order valence-electron chi connectivity index (χ0n) is 11.3. The van der Waals surface area contributed by atoms with Crippen molar-refractivity contribution in [3.63, 3.8) is 0 Å². The monoisotopic (exact) mass is 287 g/mol. The topological polar surface area (TPSA) is 89.4 Å². The standard InChI is InChI=1S/C15H13NO5/c1-20-15(19)10-7-9-11(16-14(10)18)5-8(6-12(9)17)13-3-2-4-21-13/h2-4,7-8H,5-6H2,1H3,(H,16,18). The predicted molar refractivity (Wildman–Crippen MR) is 72.5 cm³/mol. The maximum absolute atomic E-state index is 12.2. The molecule has 1 aliphatic carbocycles. The number of hydrogen-bond acceptors (Lipinski definition) is 5. The van der Waals surface area contributed by atoms with E-state index in [-0.39, 0.29) is 23.7 Å². The quantitative estimate of drug-likeness (QED) is 0.848. The van der Waals surface area contributed by atoms with Gasteiger partial charge in [-0.1, -0.05) is 0 Å². The SMILES string of the molecule is COC(=O)c1cc2c([nH]c1=O)CC(c1ccco1)CC2=O. The molecular formula is C15H13NO5. The van der Waals surface area contributed by atoms with Crippen LogP contribution in [0.25, 0.3) is 0 Å². The van der Waals surface area contributed by atoms with Crippen LogP contribution in [0.2, 0.25) is 0 Å². The second-order valence-corrected chi connectivity index (χ2v) is 4.94. The van der Waals surface area contributed by atoms with Crippen molar-refractivity contribution in [2.24, 2.45) is 0 Å². The summed E-state index contributed by atoms with van der Waals surface area (Å²) in [5, 5.41) is 0. The molecule has 0 radical (unpaired) electrons. The lowest BCUT2D eigenvalue weighted by Gasteiger charge is -2.21. The van der Waals surface area contributed by atoms with Crippen LogP contribution in [0.5, 0.6) is 0 Å². The molecule has 1 N–H and O–H groups in total. The van der Waals surface area contributed by atoms with Gasteiger partial charge in [-0.05, 0) is 24.6 Å². The molecule has 108 valence electrons. The van der Waals surface area contributed by atoms with Gasteiger partial charge in [0, 0.05) is 23.6 Å². The first-order chi connectivity index (χ1) is 10.1. The van der Waals surface area contributed by atoms with E-state index >= 15 is 0 Å². The number of carbonyl (C=O) groups is 2. The van der Waals surface area contributed by atoms with Crippen molar-refractivity contribution in [2.45, 2.75) is 18.8 Å². The number of ketones is 1. The maximum Gasteiger partial charge on any atom is 0.343 e. The van der Waals surface area contributed by atoms with E-state index in [2.05, 4.69) is 9.72 Å². The summed E-state index contributed by atoms with van der Waals surface area (Å²) in [6.07, 6.45) is 2.33. The number of carbonyl (C=O) groups excluding carboxylic acids is 2. The third-order valence-corrected chi connectivity index (χ3v) is 3.66. The molecule has 0 bridgehead atoms. The number of furan rings is 1. The number of aromatic nitrogens is 1. The molecule has 3 rings (SSSR count). The number of H-pyrrole nitrogens is 1. The highest BCUT2D eigenvalue weighted by Crippen LogP contribution is 2.31. The number of fused-ring (bicyclic) bond motifs is 1. The van der Waals surface area contributed by atoms with Gasteiger partial charge < -0.3 is 14.1 Å². The molecule has 1 unspecified atom stereocenters. The van der Waals surface area contributed by atoms with Gasteiger partial charge in [0.1, 0.15) is 11.3 Å². The fourth-order valence-corrected chi connectivity index (χ4v) is 2.62. The highest BCUT2D eigenvalue weighted by Gasteiger charge is 2.30. The molecule has 0 saturated heterocycles. The fraction of sp³-hybridized carbons (Fsp3) is 0.267. The van der Waals surface area contributed by atoms with Crippen molar-refractivity contribution in [1.29, 1.82) is 0 Å². The first-order valence-electron chi connectivity index (χ1n) is 6.51. The maximum atomic E-state index is 12.2. The number of rotatable bonds is 2. The Morgan fingerprint density at radius 2 is 2.19 bits per heavy atom. The fourth-order valence-electron chi connectivity index (χ4n) is 2.62. The Bertz CT molecular complexity index is 757. The number of esters is 1. The second kappa shape index (κ2) is 5.05. The Morgan fingerprint density at radius 3 is 2.86 bits per heavy atom. The predicted octanol–water partition coefficient (Wildman–Crippen LogP) is 1.67. The Labute approximate surface area is 119 Å². The van der Waals surface area contributed by atoms with Crippen molar-refractivity contribution < 1.29 is 18.7 Å². The molecule has 6 nitrogen and oxygen atoms in total. The summed E-state index contributed by atoms with van der Waals surface area (Å²) in [5.41, 5.74) is 0.206. The van der Waals surface area contributed by atoms with Crippen molar-refractivity contribution >= 4 is 11.8 Å². The minimum atomic E-state index is -0.750. The van der Waals surface area contributed by atoms with Gasteiger partial charge in [-0.2, -0.15) is 0 Å². The van der Waals surface area contributed by atoms with Gasteiger partial charge in [0.05, 0.1) is 13.4 Å². The second-order valence-electron chi connectivity index (χ2n) is 4.94. The molecular weight excluding hydrogens is 274 g/mol. The molecule has 0 aliphatic heterocycles. The lowest BCUT2D eigenvalue weighted by Crippen LogP contribution is -2.27. The molecule has 21 heavy (non-hydrogen) atoms. The average molecular weight is 287 g/mol. The summed E-state index contributed by atoms with van der Waals surface area (Å²) < 4.78 is 9.87. The van der Waals surface area contributed by atoms with E-state index in [1.807, 2.05) is 6.07 Å². The third kappa shape index (κ3) is 2.29. The highest BCUT2D eigenvalue weighted by molar-refractivity contribution is 6.01. The highest BCUT2D eigenvalue weighted by atomic mass is 16.5. The zero-order valence-corrected chi connectivity index (χ0v) is 11.3. The van der Waals surface area contributed by atoms with Gasteiger partial charge in [0.2, 0.25) is 0 Å². The molecule has 2 heterocycles. The Morgan fingerprint density at radius 1 is 1.38 bits per heavy atom. The summed E-state index contributed by atoms with van der Waals surface area (Å²) in [4.78, 5) is 38.3. The van der Waals surface area contributed by atoms with Crippen LogP contribution in [-0.4, -0.2) is 23.8 Å². The molecule has 1 aliphatic rings. The lowest BCUT2D eigenvalue weighted by molar-refractivity contribution is 0.0598. The van der Waals surface area contributed by atoms with Crippen LogP contribution < -0.4 is 5.56 Å². The summed E-state index contributed by atoms with van der Waals surface area (Å²) >= 11 is 0. The molecule has 1 atom stereocenters. The van der Waals surface area contributed by atoms with Crippen LogP contribution in [-0.2, 0) is 11.2 Å². The van der Waals surface area contributed by atoms with Crippen LogP contribution in [0.1, 0.15) is 44.5 Å². The van der Waals surface area contributed by atoms with Crippen LogP contribution in [0.15, 0.2) is 33.7 Å². The van der Waals surface area contributed by atoms with Crippen LogP contribution in [0.3, 0.4) is 0 Å². The first-order valence-corrected chi connectivity index (χ1v) is 6.51. The van der Waals surface area contributed by atoms with Crippen molar-refractivity contribution in [1.82, 2.24) is 4.98 Å². The number of ether oxygens (including phenoxy) is 1. The summed E-state index contributed by atoms with van der Waals surface area (Å²) in [6, 6.07) is 4.89. The molecule has 2 aromatic rings. The number of pyridine rings is 1. The third-order valence-electron chi connectivity index (χ3n) is 3.66. The summed E-state index contributed by atoms with van der Waals surface area (Å²) in [6.45, 7) is 0. The largest absolute Gasteiger partial charge is 0.469 e. The van der Waals surface area contributed by atoms with Gasteiger partial charge in [-0.25, -0.2) is 4.79 Å². The van der Waals surface area contributed by atoms with E-state index in [4.69, 9.17) is 4.42 Å². The van der Waals surface area contributed by atoms with E-state index in [1.54, 1.807) is 12.3 Å². The zero-order chi connectivity index (χ0) is 15.0. The Balaban J connectivity index is 2.03. The van der Waals surface area contributed by atoms with Crippen molar-refractivity contribution in [2.75, 3.05) is 7.11 Å². The number of hydrogen-bond donors (Lipinski definition) is 1. The van der Waals surface area contributed by atoms with Gasteiger partial charge in [-0.15, -0.1) is 0 Å². The minimum absolute atomic E-state index is 0.0976. The normalized spacial score (nSPS) is 17.4. The van der Waals surface area contributed by atoms with Crippen LogP contribution in [0, 0.1) is 0 Å². The van der Waals surface area contributed by atoms with E-state index in [1.165, 1.54) is 13.2 Å². The molecule has 6 heteroatoms. The van der Waals surface area contributed by atoms with Gasteiger partial charge in [0.15, 0.2) is 5.78 Å². The molecule has 0 aromatic carbocycles. The molecule has 0 saturated carbocycles. The van der Waals surface area contributed by atoms with Gasteiger partial charge in [-0.3, -0.25) is 9.59 Å². The summed E-state index contributed by atoms with van der Waals surface area (Å²) in [5.74, 6) is -0.259. The first kappa shape index (κ1) is 13.4. The minimum Gasteiger partial charge on any atom is -0.469 e. The summed E-state index contributed by atoms with van der Waals surface area (Å²) in [7, 11) is 1.19. The van der Waals surface area contributed by atoms with E-state index in [0.717, 1.165) is 0 Å². The van der Waals surface area contributed by atoms with Crippen LogP contribution in [0.4, 0.5) is 0 Å². The van der Waals surface area contributed by atoms with Crippen LogP contribution >= 0.6 is 0 Å². The van der Waals surface area contributed by atoms with E-state index < -0.39 is 11.5 Å².